The van der Waals surface area contributed by atoms with Crippen molar-refractivity contribution >= 4 is 0 Å². The fourth-order valence-electron chi connectivity index (χ4n) is 4.30. The van der Waals surface area contributed by atoms with E-state index in [-0.39, 0.29) is 0 Å². The van der Waals surface area contributed by atoms with Crippen LogP contribution in [0.15, 0.2) is 0 Å². The molecule has 1 heterocycles. The van der Waals surface area contributed by atoms with Gasteiger partial charge in [0.25, 0.3) is 0 Å². The van der Waals surface area contributed by atoms with E-state index in [1.54, 1.807) is 0 Å². The molecule has 0 aromatic rings. The predicted molar refractivity (Wildman–Crippen MR) is 89.3 cm³/mol. The predicted octanol–water partition coefficient (Wildman–Crippen LogP) is 3.28. The van der Waals surface area contributed by atoms with Crippen LogP contribution in [-0.2, 0) is 4.74 Å². The van der Waals surface area contributed by atoms with Crippen LogP contribution >= 0.6 is 0 Å². The first-order valence-corrected chi connectivity index (χ1v) is 9.01. The number of morpholine rings is 1. The molecule has 0 spiro atoms. The van der Waals surface area contributed by atoms with Gasteiger partial charge in [-0.3, -0.25) is 4.90 Å². The molecular weight excluding hydrogens is 260 g/mol. The molecule has 124 valence electrons. The quantitative estimate of drug-likeness (QED) is 0.865. The molecule has 0 amide bonds. The Hall–Kier alpha value is -0.120. The van der Waals surface area contributed by atoms with Crippen molar-refractivity contribution in [2.75, 3.05) is 26.2 Å². The van der Waals surface area contributed by atoms with Crippen LogP contribution in [0.5, 0.6) is 0 Å². The molecule has 2 N–H and O–H groups in total. The van der Waals surface area contributed by atoms with Gasteiger partial charge in [0.1, 0.15) is 0 Å². The summed E-state index contributed by atoms with van der Waals surface area (Å²) in [7, 11) is 0. The van der Waals surface area contributed by atoms with Crippen molar-refractivity contribution in [2.45, 2.75) is 71.9 Å². The highest BCUT2D eigenvalue weighted by molar-refractivity contribution is 4.89. The Kier molecular flexibility index (Phi) is 6.10. The Labute approximate surface area is 131 Å². The summed E-state index contributed by atoms with van der Waals surface area (Å²) in [6.07, 6.45) is 7.01. The topological polar surface area (TPSA) is 38.5 Å². The van der Waals surface area contributed by atoms with Crippen LogP contribution in [-0.4, -0.2) is 43.3 Å². The van der Waals surface area contributed by atoms with Gasteiger partial charge in [0, 0.05) is 25.7 Å². The normalized spacial score (nSPS) is 33.9. The molecule has 1 saturated carbocycles. The Morgan fingerprint density at radius 1 is 1.19 bits per heavy atom. The average Bonchev–Trinajstić information content (AvgIpc) is 2.48. The molecular formula is C18H36N2O. The molecule has 1 aliphatic carbocycles. The highest BCUT2D eigenvalue weighted by atomic mass is 16.5. The van der Waals surface area contributed by atoms with Gasteiger partial charge in [-0.2, -0.15) is 0 Å². The molecule has 2 aliphatic rings. The summed E-state index contributed by atoms with van der Waals surface area (Å²) >= 11 is 0. The van der Waals surface area contributed by atoms with Gasteiger partial charge >= 0.3 is 0 Å². The van der Waals surface area contributed by atoms with Gasteiger partial charge in [-0.15, -0.1) is 0 Å². The van der Waals surface area contributed by atoms with Crippen LogP contribution in [0, 0.1) is 17.3 Å². The van der Waals surface area contributed by atoms with E-state index in [2.05, 4.69) is 32.6 Å². The van der Waals surface area contributed by atoms with Gasteiger partial charge in [-0.05, 0) is 49.4 Å². The number of ether oxygens (including phenoxy) is 1. The molecule has 1 saturated heterocycles. The molecule has 2 atom stereocenters. The van der Waals surface area contributed by atoms with E-state index in [1.165, 1.54) is 25.7 Å². The lowest BCUT2D eigenvalue weighted by molar-refractivity contribution is -0.0561. The number of hydrogen-bond acceptors (Lipinski definition) is 3. The van der Waals surface area contributed by atoms with Gasteiger partial charge in [0.2, 0.25) is 0 Å². The van der Waals surface area contributed by atoms with E-state index < -0.39 is 0 Å². The maximum Gasteiger partial charge on any atom is 0.0700 e. The van der Waals surface area contributed by atoms with E-state index in [1.807, 2.05) is 0 Å². The van der Waals surface area contributed by atoms with Gasteiger partial charge in [0.15, 0.2) is 0 Å². The van der Waals surface area contributed by atoms with E-state index in [9.17, 15) is 0 Å². The summed E-state index contributed by atoms with van der Waals surface area (Å²) in [6.45, 7) is 13.2. The zero-order valence-corrected chi connectivity index (χ0v) is 14.6. The lowest BCUT2D eigenvalue weighted by Gasteiger charge is -2.45. The van der Waals surface area contributed by atoms with Crippen molar-refractivity contribution in [3.8, 4) is 0 Å². The first-order valence-electron chi connectivity index (χ1n) is 9.01. The van der Waals surface area contributed by atoms with Crippen LogP contribution in [0.3, 0.4) is 0 Å². The maximum absolute atomic E-state index is 6.16. The van der Waals surface area contributed by atoms with Crippen LogP contribution in [0.4, 0.5) is 0 Å². The van der Waals surface area contributed by atoms with Gasteiger partial charge in [-0.25, -0.2) is 0 Å². The van der Waals surface area contributed by atoms with Crippen molar-refractivity contribution in [3.63, 3.8) is 0 Å². The second kappa shape index (κ2) is 7.43. The Bertz CT molecular complexity index is 305. The van der Waals surface area contributed by atoms with Crippen LogP contribution in [0.1, 0.15) is 59.8 Å². The summed E-state index contributed by atoms with van der Waals surface area (Å²) in [6, 6.07) is 0.573. The van der Waals surface area contributed by atoms with Crippen molar-refractivity contribution in [1.29, 1.82) is 0 Å². The summed E-state index contributed by atoms with van der Waals surface area (Å²) in [5.74, 6) is 1.68. The van der Waals surface area contributed by atoms with Crippen molar-refractivity contribution in [2.24, 2.45) is 23.0 Å². The Balaban J connectivity index is 1.90. The molecule has 2 fully saturated rings. The fourth-order valence-corrected chi connectivity index (χ4v) is 4.30. The Morgan fingerprint density at radius 2 is 1.86 bits per heavy atom. The molecule has 0 radical (unpaired) electrons. The zero-order valence-electron chi connectivity index (χ0n) is 14.6. The lowest BCUT2D eigenvalue weighted by atomic mass is 9.68. The zero-order chi connectivity index (χ0) is 15.5. The Morgan fingerprint density at radius 3 is 2.38 bits per heavy atom. The largest absolute Gasteiger partial charge is 0.376 e. The molecule has 0 aromatic carbocycles. The number of nitrogens with zero attached hydrogens (tertiary/aromatic N) is 1. The molecule has 0 aromatic heterocycles. The highest BCUT2D eigenvalue weighted by Crippen LogP contribution is 2.41. The summed E-state index contributed by atoms with van der Waals surface area (Å²) in [5.41, 5.74) is 6.63. The first kappa shape index (κ1) is 17.2. The van der Waals surface area contributed by atoms with E-state index >= 15 is 0 Å². The minimum absolute atomic E-state index is 0.415. The van der Waals surface area contributed by atoms with E-state index in [0.717, 1.165) is 44.5 Å². The second-order valence-electron chi connectivity index (χ2n) is 8.18. The summed E-state index contributed by atoms with van der Waals surface area (Å²) < 4.78 is 5.82. The lowest BCUT2D eigenvalue weighted by Crippen LogP contribution is -2.53. The standard InChI is InChI=1S/C18H36N2O/c1-5-16-13-20(10-11-21-16)17(12-19)14-6-8-15(9-7-14)18(2,3)4/h14-17H,5-13,19H2,1-4H3. The smallest absolute Gasteiger partial charge is 0.0700 e. The molecule has 2 unspecified atom stereocenters. The number of nitrogens with two attached hydrogens (primary N) is 1. The van der Waals surface area contributed by atoms with E-state index in [0.29, 0.717) is 17.6 Å². The molecule has 3 heteroatoms. The molecule has 1 aliphatic heterocycles. The van der Waals surface area contributed by atoms with Crippen LogP contribution < -0.4 is 5.73 Å². The minimum Gasteiger partial charge on any atom is -0.376 e. The van der Waals surface area contributed by atoms with E-state index in [4.69, 9.17) is 10.5 Å². The summed E-state index contributed by atoms with van der Waals surface area (Å²) in [5, 5.41) is 0. The first-order chi connectivity index (χ1) is 9.95. The third kappa shape index (κ3) is 4.43. The fraction of sp³-hybridized carbons (Fsp3) is 1.00. The van der Waals surface area contributed by atoms with Crippen LogP contribution in [0.2, 0.25) is 0 Å². The molecule has 3 nitrogen and oxygen atoms in total. The number of hydrogen-bond donors (Lipinski definition) is 1. The maximum atomic E-state index is 6.16. The van der Waals surface area contributed by atoms with Crippen LogP contribution in [0.25, 0.3) is 0 Å². The highest BCUT2D eigenvalue weighted by Gasteiger charge is 2.35. The van der Waals surface area contributed by atoms with Gasteiger partial charge in [-0.1, -0.05) is 27.7 Å². The third-order valence-corrected chi connectivity index (χ3v) is 5.88. The molecule has 2 rings (SSSR count). The monoisotopic (exact) mass is 296 g/mol. The average molecular weight is 296 g/mol. The third-order valence-electron chi connectivity index (χ3n) is 5.88. The minimum atomic E-state index is 0.415. The van der Waals surface area contributed by atoms with Crippen molar-refractivity contribution < 1.29 is 4.74 Å². The van der Waals surface area contributed by atoms with Crippen molar-refractivity contribution in [1.82, 2.24) is 4.90 Å². The number of rotatable bonds is 4. The second-order valence-corrected chi connectivity index (χ2v) is 8.18. The van der Waals surface area contributed by atoms with Crippen molar-refractivity contribution in [3.05, 3.63) is 0 Å². The van der Waals surface area contributed by atoms with Gasteiger partial charge < -0.3 is 10.5 Å². The SMILES string of the molecule is CCC1CN(C(CN)C2CCC(C(C)(C)C)CC2)CCO1. The molecule has 21 heavy (non-hydrogen) atoms. The van der Waals surface area contributed by atoms with Gasteiger partial charge in [0.05, 0.1) is 12.7 Å². The summed E-state index contributed by atoms with van der Waals surface area (Å²) in [4.78, 5) is 2.62. The molecule has 0 bridgehead atoms.